The summed E-state index contributed by atoms with van der Waals surface area (Å²) in [4.78, 5) is 145. The summed E-state index contributed by atoms with van der Waals surface area (Å²) in [6, 6.07) is 4.68. The first-order valence-electron chi connectivity index (χ1n) is 24.7. The number of primary amides is 2. The van der Waals surface area contributed by atoms with Gasteiger partial charge >= 0.3 is 17.8 Å². The molecule has 7 N–H and O–H groups in total. The molecule has 0 fully saturated rings. The highest BCUT2D eigenvalue weighted by atomic mass is 32.1. The summed E-state index contributed by atoms with van der Waals surface area (Å²) in [5.74, 6) is -8.39. The van der Waals surface area contributed by atoms with Crippen molar-refractivity contribution in [3.8, 4) is 5.75 Å². The number of aliphatic carboxylic acids is 1. The number of carbonyl (C=O) groups is 10. The van der Waals surface area contributed by atoms with Gasteiger partial charge in [0, 0.05) is 69.7 Å². The number of aryl methyl sites for hydroxylation is 4. The van der Waals surface area contributed by atoms with Crippen molar-refractivity contribution in [1.29, 1.82) is 0 Å². The van der Waals surface area contributed by atoms with Crippen molar-refractivity contribution in [2.24, 2.45) is 22.4 Å². The topological polar surface area (TPSA) is 381 Å². The number of thiazole rings is 1. The average molecular weight is 1110 g/mol. The lowest BCUT2D eigenvalue weighted by Crippen LogP contribution is -2.47. The van der Waals surface area contributed by atoms with E-state index in [-0.39, 0.29) is 89.6 Å². The lowest BCUT2D eigenvalue weighted by atomic mass is 9.97. The van der Waals surface area contributed by atoms with Crippen LogP contribution >= 0.6 is 11.3 Å². The van der Waals surface area contributed by atoms with E-state index in [0.717, 1.165) is 23.5 Å². The number of pyridine rings is 1. The summed E-state index contributed by atoms with van der Waals surface area (Å²) in [6.45, 7) is 7.94. The molecule has 0 saturated heterocycles. The zero-order chi connectivity index (χ0) is 57.2. The number of hydrogen-bond donors (Lipinski definition) is 5. The fraction of sp³-hybridized carbons (Fsp3) is 0.353. The second-order valence-corrected chi connectivity index (χ2v) is 18.9. The Morgan fingerprint density at radius 1 is 0.924 bits per heavy atom. The van der Waals surface area contributed by atoms with Crippen molar-refractivity contribution < 1.29 is 66.9 Å². The number of ketones is 1. The maximum absolute atomic E-state index is 13.8. The third-order valence-electron chi connectivity index (χ3n) is 12.1. The molecule has 7 amide bonds. The van der Waals surface area contributed by atoms with Crippen LogP contribution in [0.5, 0.6) is 5.75 Å². The van der Waals surface area contributed by atoms with E-state index in [0.29, 0.717) is 45.1 Å². The van der Waals surface area contributed by atoms with Gasteiger partial charge in [0.2, 0.25) is 29.4 Å². The molecule has 2 atom stereocenters. The molecule has 7 rings (SSSR count). The molecule has 0 aliphatic carbocycles. The number of fused-ring (bicyclic) bond motifs is 2. The number of oxazole rings is 1. The van der Waals surface area contributed by atoms with E-state index in [9.17, 15) is 53.1 Å². The molecule has 28 heteroatoms. The van der Waals surface area contributed by atoms with Crippen LogP contribution in [0.15, 0.2) is 64.2 Å². The zero-order valence-electron chi connectivity index (χ0n) is 43.5. The monoisotopic (exact) mass is 1110 g/mol. The lowest BCUT2D eigenvalue weighted by Gasteiger charge is -2.20. The molecule has 414 valence electrons. The molecule has 5 aromatic heterocycles. The highest BCUT2D eigenvalue weighted by Crippen LogP contribution is 2.31. The number of carboxylic acids is 1. The number of aromatic nitrogens is 7. The molecule has 0 saturated carbocycles. The molecule has 6 aromatic rings. The number of ether oxygens (including phenoxy) is 2. The van der Waals surface area contributed by atoms with Crippen LogP contribution < -0.4 is 31.6 Å². The zero-order valence-corrected chi connectivity index (χ0v) is 44.3. The van der Waals surface area contributed by atoms with Gasteiger partial charge in [0.15, 0.2) is 22.1 Å². The molecule has 1 aliphatic heterocycles. The molecule has 6 heterocycles. The van der Waals surface area contributed by atoms with Crippen LogP contribution in [0.25, 0.3) is 21.4 Å². The average Bonchev–Trinajstić information content (AvgIpc) is 4.25. The van der Waals surface area contributed by atoms with E-state index < -0.39 is 90.4 Å². The quantitative estimate of drug-likeness (QED) is 0.0225. The van der Waals surface area contributed by atoms with Crippen LogP contribution in [0.3, 0.4) is 0 Å². The summed E-state index contributed by atoms with van der Waals surface area (Å²) < 4.78 is 22.6. The number of nitrogens with two attached hydrogens (primary N) is 2. The minimum absolute atomic E-state index is 0.0291. The van der Waals surface area contributed by atoms with Crippen LogP contribution in [0.2, 0.25) is 0 Å². The van der Waals surface area contributed by atoms with Crippen molar-refractivity contribution in [1.82, 2.24) is 44.1 Å². The molecule has 0 bridgehead atoms. The summed E-state index contributed by atoms with van der Waals surface area (Å²) in [7, 11) is 0. The Morgan fingerprint density at radius 3 is 2.30 bits per heavy atom. The van der Waals surface area contributed by atoms with Gasteiger partial charge in [-0.25, -0.2) is 15.0 Å². The van der Waals surface area contributed by atoms with Crippen molar-refractivity contribution in [2.45, 2.75) is 92.4 Å². The number of esters is 1. The van der Waals surface area contributed by atoms with Gasteiger partial charge in [-0.1, -0.05) is 37.3 Å². The van der Waals surface area contributed by atoms with Crippen LogP contribution in [0.4, 0.5) is 5.95 Å². The number of Topliss-reactive ketones (excluding diaryl/α,β-unsaturated/α-hetero) is 1. The molecule has 1 aromatic carbocycles. The van der Waals surface area contributed by atoms with E-state index >= 15 is 0 Å². The Labute approximate surface area is 452 Å². The van der Waals surface area contributed by atoms with E-state index in [1.807, 2.05) is 13.8 Å². The summed E-state index contributed by atoms with van der Waals surface area (Å²) in [6.07, 6.45) is 5.93. The third-order valence-corrected chi connectivity index (χ3v) is 13.1. The van der Waals surface area contributed by atoms with E-state index in [1.165, 1.54) is 31.3 Å². The fourth-order valence-corrected chi connectivity index (χ4v) is 9.33. The number of nitrogens with zero attached hydrogens (tertiary/aromatic N) is 9. The Morgan fingerprint density at radius 2 is 1.63 bits per heavy atom. The minimum atomic E-state index is -1.35. The van der Waals surface area contributed by atoms with E-state index in [4.69, 9.17) is 25.4 Å². The molecule has 0 radical (unpaired) electrons. The minimum Gasteiger partial charge on any atom is -0.491 e. The molecule has 0 unspecified atom stereocenters. The Hall–Kier alpha value is -9.47. The maximum atomic E-state index is 13.8. The van der Waals surface area contributed by atoms with E-state index in [1.54, 1.807) is 45.9 Å². The number of rotatable bonds is 26. The molecular formula is C51H55N13O14S. The number of nitrogens with one attached hydrogen (secondary N) is 2. The van der Waals surface area contributed by atoms with Crippen molar-refractivity contribution in [3.63, 3.8) is 0 Å². The first kappa shape index (κ1) is 57.2. The van der Waals surface area contributed by atoms with Crippen molar-refractivity contribution in [3.05, 3.63) is 99.4 Å². The number of carboxylic acid groups (broad SMARTS) is 1. The van der Waals surface area contributed by atoms with Crippen LogP contribution in [-0.2, 0) is 59.6 Å². The molecule has 1 aliphatic rings. The second-order valence-electron chi connectivity index (χ2n) is 17.9. The standard InChI is InChI=1S/C51H55N13O14S/c1-6-31-43(78-28(5)55-31)48(74)59-51-61(15-8-9-16-62-46-33(21-30(24-54-46)45(53)72)57-50(62)58-47(73)34-20-27(4)60-64(34)7-2)42-36(22-29(44(52)71)23-37(42)79-51)76-17-10-18-77-49(75)26(3)19-35(65)32(11-14-41(69)70)56-38(66)25-63-39(67)12-13-40(63)68/h8-9,12-13,20-24,26,32H,6-7,10-11,14-19,25H2,1-5H3,(H2,52,71)(H2,53,72)(H,56,66)(H,69,70)(H,57,58,73)/b9-8+,59-51?/t26-,32+/m1/s1. The number of amides is 7. The number of imidazole rings is 1. The highest BCUT2D eigenvalue weighted by molar-refractivity contribution is 7.16. The molecular weight excluding hydrogens is 1050 g/mol. The van der Waals surface area contributed by atoms with E-state index in [2.05, 4.69) is 35.7 Å². The van der Waals surface area contributed by atoms with Crippen LogP contribution in [0.1, 0.15) is 105 Å². The predicted molar refractivity (Wildman–Crippen MR) is 279 cm³/mol. The molecule has 79 heavy (non-hydrogen) atoms. The lowest BCUT2D eigenvalue weighted by molar-refractivity contribution is -0.150. The Bertz CT molecular complexity index is 3560. The predicted octanol–water partition coefficient (Wildman–Crippen LogP) is 2.46. The number of allylic oxidation sites excluding steroid dienone is 2. The Balaban J connectivity index is 1.11. The SMILES string of the molecule is CCc1nc(C)oc1C(=O)N=c1sc2cc(C(N)=O)cc(OCCCOC(=O)[C@H](C)CC(=O)[C@H](CCC(=O)O)NC(=O)CN3C(=O)C=CC3=O)c2n1C/C=C/Cn1c(NC(=O)c2cc(C)nn2CC)nc2cc(C(N)=O)cnc21. The van der Waals surface area contributed by atoms with Crippen molar-refractivity contribution in [2.75, 3.05) is 25.1 Å². The van der Waals surface area contributed by atoms with Gasteiger partial charge in [-0.2, -0.15) is 10.1 Å². The fourth-order valence-electron chi connectivity index (χ4n) is 8.24. The smallest absolute Gasteiger partial charge is 0.317 e. The maximum Gasteiger partial charge on any atom is 0.317 e. The summed E-state index contributed by atoms with van der Waals surface area (Å²) in [5.41, 5.74) is 13.8. The van der Waals surface area contributed by atoms with Gasteiger partial charge in [0.1, 0.15) is 29.0 Å². The van der Waals surface area contributed by atoms with Gasteiger partial charge in [0.25, 0.3) is 17.7 Å². The van der Waals surface area contributed by atoms with Crippen LogP contribution in [-0.4, -0.2) is 129 Å². The normalized spacial score (nSPS) is 13.4. The first-order valence-corrected chi connectivity index (χ1v) is 25.5. The number of imide groups is 1. The number of anilines is 1. The molecule has 27 nitrogen and oxygen atoms in total. The summed E-state index contributed by atoms with van der Waals surface area (Å²) in [5, 5.41) is 18.8. The second kappa shape index (κ2) is 25.1. The third kappa shape index (κ3) is 13.7. The van der Waals surface area contributed by atoms with Gasteiger partial charge in [-0.05, 0) is 51.0 Å². The van der Waals surface area contributed by atoms with Crippen molar-refractivity contribution >= 4 is 97.7 Å². The summed E-state index contributed by atoms with van der Waals surface area (Å²) >= 11 is 1.05. The number of carbonyl (C=O) groups excluding carboxylic acids is 9. The Kier molecular flexibility index (Phi) is 18.2. The van der Waals surface area contributed by atoms with Gasteiger partial charge in [-0.3, -0.25) is 67.4 Å². The van der Waals surface area contributed by atoms with Gasteiger partial charge in [0.05, 0.1) is 46.8 Å². The van der Waals surface area contributed by atoms with Gasteiger partial charge < -0.3 is 40.3 Å². The largest absolute Gasteiger partial charge is 0.491 e. The highest BCUT2D eigenvalue weighted by Gasteiger charge is 2.30. The number of hydrogen-bond acceptors (Lipinski definition) is 18. The van der Waals surface area contributed by atoms with Gasteiger partial charge in [-0.15, -0.1) is 0 Å². The first-order chi connectivity index (χ1) is 37.6. The molecule has 0 spiro atoms. The number of benzene rings is 1. The van der Waals surface area contributed by atoms with Crippen LogP contribution in [0, 0.1) is 19.8 Å².